The highest BCUT2D eigenvalue weighted by molar-refractivity contribution is 5.94. The van der Waals surface area contributed by atoms with Crippen molar-refractivity contribution in [3.05, 3.63) is 65.2 Å². The van der Waals surface area contributed by atoms with Crippen LogP contribution in [0.15, 0.2) is 48.5 Å². The molecule has 1 amide bonds. The molecule has 6 heteroatoms. The second-order valence-electron chi connectivity index (χ2n) is 8.73. The van der Waals surface area contributed by atoms with E-state index in [1.54, 1.807) is 18.2 Å². The molecule has 32 heavy (non-hydrogen) atoms. The van der Waals surface area contributed by atoms with Crippen molar-refractivity contribution in [1.29, 1.82) is 0 Å². The summed E-state index contributed by atoms with van der Waals surface area (Å²) in [5, 5.41) is 9.52. The lowest BCUT2D eigenvalue weighted by Gasteiger charge is -2.50. The zero-order valence-electron chi connectivity index (χ0n) is 19.1. The molecule has 2 aromatic carbocycles. The van der Waals surface area contributed by atoms with E-state index >= 15 is 0 Å². The summed E-state index contributed by atoms with van der Waals surface area (Å²) in [6, 6.07) is 15.8. The number of ether oxygens (including phenoxy) is 2. The number of carbonyl (C=O) groups is 1. The normalized spacial score (nSPS) is 21.0. The lowest BCUT2D eigenvalue weighted by atomic mass is 9.87. The van der Waals surface area contributed by atoms with Gasteiger partial charge in [-0.3, -0.25) is 9.69 Å². The van der Waals surface area contributed by atoms with Gasteiger partial charge in [0.05, 0.1) is 24.9 Å². The molecule has 2 aromatic rings. The second-order valence-corrected chi connectivity index (χ2v) is 8.73. The molecule has 2 saturated heterocycles. The first-order chi connectivity index (χ1) is 15.6. The maximum absolute atomic E-state index is 13.2. The Kier molecular flexibility index (Phi) is 7.13. The fourth-order valence-electron chi connectivity index (χ4n) is 4.85. The SMILES string of the molecule is CCOc1cc(C(=O)N2CCC3(CC2)CN(CC)CC(c2ccccc2)O3)ccc1CO.[HH]. The molecule has 0 aromatic heterocycles. The van der Waals surface area contributed by atoms with Crippen molar-refractivity contribution < 1.29 is 20.8 Å². The molecule has 1 N–H and O–H groups in total. The maximum Gasteiger partial charge on any atom is 0.253 e. The number of aliphatic hydroxyl groups excluding tert-OH is 1. The molecule has 174 valence electrons. The molecule has 0 aliphatic carbocycles. The van der Waals surface area contributed by atoms with Gasteiger partial charge in [-0.25, -0.2) is 0 Å². The molecule has 2 fully saturated rings. The molecular formula is C26H36N2O4. The van der Waals surface area contributed by atoms with Crippen LogP contribution in [0, 0.1) is 0 Å². The van der Waals surface area contributed by atoms with E-state index in [2.05, 4.69) is 36.1 Å². The van der Waals surface area contributed by atoms with Crippen molar-refractivity contribution in [3.63, 3.8) is 0 Å². The molecular weight excluding hydrogens is 404 g/mol. The molecule has 0 saturated carbocycles. The summed E-state index contributed by atoms with van der Waals surface area (Å²) in [5.41, 5.74) is 2.30. The molecule has 1 unspecified atom stereocenters. The standard InChI is InChI=1S/C26H34N2O4.H2/c1-3-27-17-24(20-8-6-5-7-9-20)32-26(19-27)12-14-28(15-13-26)25(30)21-10-11-22(18-29)23(16-21)31-4-2;/h5-11,16,24,29H,3-4,12-15,17-19H2,1-2H3;1H. The minimum absolute atomic E-state index is 0. The van der Waals surface area contributed by atoms with Crippen molar-refractivity contribution in [2.45, 2.75) is 45.0 Å². The number of likely N-dealkylation sites (N-methyl/N-ethyl adjacent to an activating group) is 1. The van der Waals surface area contributed by atoms with Crippen molar-refractivity contribution in [2.75, 3.05) is 39.3 Å². The Morgan fingerprint density at radius 1 is 1.19 bits per heavy atom. The number of hydrogen-bond acceptors (Lipinski definition) is 5. The van der Waals surface area contributed by atoms with Gasteiger partial charge in [0, 0.05) is 38.7 Å². The molecule has 0 radical (unpaired) electrons. The van der Waals surface area contributed by atoms with E-state index in [0.717, 1.165) is 32.5 Å². The third-order valence-corrected chi connectivity index (χ3v) is 6.69. The number of benzene rings is 2. The van der Waals surface area contributed by atoms with E-state index in [9.17, 15) is 9.90 Å². The number of likely N-dealkylation sites (tertiary alicyclic amines) is 1. The predicted molar refractivity (Wildman–Crippen MR) is 126 cm³/mol. The van der Waals surface area contributed by atoms with Crippen LogP contribution in [-0.4, -0.2) is 65.7 Å². The third-order valence-electron chi connectivity index (χ3n) is 6.69. The summed E-state index contributed by atoms with van der Waals surface area (Å²) in [7, 11) is 0. The van der Waals surface area contributed by atoms with Gasteiger partial charge in [-0.05, 0) is 44.0 Å². The van der Waals surface area contributed by atoms with Crippen LogP contribution in [0.5, 0.6) is 5.75 Å². The first kappa shape index (κ1) is 22.8. The number of amides is 1. The highest BCUT2D eigenvalue weighted by Crippen LogP contribution is 2.38. The number of hydrogen-bond donors (Lipinski definition) is 1. The monoisotopic (exact) mass is 440 g/mol. The van der Waals surface area contributed by atoms with Crippen LogP contribution in [0.4, 0.5) is 0 Å². The summed E-state index contributed by atoms with van der Waals surface area (Å²) >= 11 is 0. The van der Waals surface area contributed by atoms with Gasteiger partial charge in [0.25, 0.3) is 5.91 Å². The second kappa shape index (κ2) is 10.0. The third kappa shape index (κ3) is 4.82. The average molecular weight is 441 g/mol. The lowest BCUT2D eigenvalue weighted by molar-refractivity contribution is -0.175. The van der Waals surface area contributed by atoms with Crippen molar-refractivity contribution in [2.24, 2.45) is 0 Å². The van der Waals surface area contributed by atoms with Gasteiger partial charge in [-0.1, -0.05) is 43.3 Å². The van der Waals surface area contributed by atoms with E-state index in [4.69, 9.17) is 9.47 Å². The summed E-state index contributed by atoms with van der Waals surface area (Å²) in [4.78, 5) is 17.6. The fraction of sp³-hybridized carbons (Fsp3) is 0.500. The first-order valence-corrected chi connectivity index (χ1v) is 11.7. The fourth-order valence-corrected chi connectivity index (χ4v) is 4.85. The van der Waals surface area contributed by atoms with Crippen molar-refractivity contribution in [3.8, 4) is 5.75 Å². The molecule has 4 rings (SSSR count). The Labute approximate surface area is 192 Å². The van der Waals surface area contributed by atoms with E-state index in [0.29, 0.717) is 36.6 Å². The van der Waals surface area contributed by atoms with Gasteiger partial charge in [0.2, 0.25) is 0 Å². The van der Waals surface area contributed by atoms with Crippen LogP contribution in [0.1, 0.15) is 55.7 Å². The first-order valence-electron chi connectivity index (χ1n) is 11.7. The average Bonchev–Trinajstić information content (AvgIpc) is 2.84. The number of carbonyl (C=O) groups excluding carboxylic acids is 1. The Morgan fingerprint density at radius 2 is 1.94 bits per heavy atom. The van der Waals surface area contributed by atoms with Crippen LogP contribution >= 0.6 is 0 Å². The molecule has 1 atom stereocenters. The van der Waals surface area contributed by atoms with Crippen LogP contribution in [0.2, 0.25) is 0 Å². The predicted octanol–water partition coefficient (Wildman–Crippen LogP) is 3.89. The van der Waals surface area contributed by atoms with E-state index in [1.165, 1.54) is 5.56 Å². The van der Waals surface area contributed by atoms with Gasteiger partial charge in [0.1, 0.15) is 5.75 Å². The van der Waals surface area contributed by atoms with Crippen molar-refractivity contribution in [1.82, 2.24) is 9.80 Å². The lowest BCUT2D eigenvalue weighted by Crippen LogP contribution is -2.58. The molecule has 6 nitrogen and oxygen atoms in total. The Morgan fingerprint density at radius 3 is 2.59 bits per heavy atom. The van der Waals surface area contributed by atoms with Crippen LogP contribution in [-0.2, 0) is 11.3 Å². The van der Waals surface area contributed by atoms with Crippen LogP contribution < -0.4 is 4.74 Å². The van der Waals surface area contributed by atoms with Crippen LogP contribution in [0.3, 0.4) is 0 Å². The summed E-state index contributed by atoms with van der Waals surface area (Å²) < 4.78 is 12.3. The zero-order valence-corrected chi connectivity index (χ0v) is 19.1. The van der Waals surface area contributed by atoms with Gasteiger partial charge >= 0.3 is 0 Å². The Hall–Kier alpha value is -2.41. The smallest absolute Gasteiger partial charge is 0.253 e. The largest absolute Gasteiger partial charge is 0.493 e. The summed E-state index contributed by atoms with van der Waals surface area (Å²) in [6.45, 7) is 8.63. The Balaban J connectivity index is 0.00000306. The molecule has 2 aliphatic heterocycles. The van der Waals surface area contributed by atoms with Crippen LogP contribution in [0.25, 0.3) is 0 Å². The summed E-state index contributed by atoms with van der Waals surface area (Å²) in [6.07, 6.45) is 1.71. The van der Waals surface area contributed by atoms with E-state index in [-0.39, 0.29) is 25.6 Å². The van der Waals surface area contributed by atoms with Gasteiger partial charge in [0.15, 0.2) is 0 Å². The number of piperidine rings is 1. The van der Waals surface area contributed by atoms with E-state index in [1.807, 2.05) is 17.9 Å². The number of morpholine rings is 1. The Bertz CT molecular complexity index is 916. The number of aliphatic hydroxyl groups is 1. The highest BCUT2D eigenvalue weighted by Gasteiger charge is 2.43. The number of rotatable bonds is 6. The molecule has 2 aliphatic rings. The van der Waals surface area contributed by atoms with Crippen molar-refractivity contribution >= 4 is 5.91 Å². The zero-order chi connectivity index (χ0) is 22.6. The van der Waals surface area contributed by atoms with Gasteiger partial charge < -0.3 is 19.5 Å². The minimum Gasteiger partial charge on any atom is -0.493 e. The molecule has 1 spiro atoms. The molecule has 0 bridgehead atoms. The summed E-state index contributed by atoms with van der Waals surface area (Å²) in [5.74, 6) is 0.585. The van der Waals surface area contributed by atoms with Gasteiger partial charge in [-0.15, -0.1) is 0 Å². The van der Waals surface area contributed by atoms with Gasteiger partial charge in [-0.2, -0.15) is 0 Å². The topological polar surface area (TPSA) is 62.2 Å². The number of nitrogens with zero attached hydrogens (tertiary/aromatic N) is 2. The minimum atomic E-state index is -0.219. The van der Waals surface area contributed by atoms with E-state index < -0.39 is 0 Å². The highest BCUT2D eigenvalue weighted by atomic mass is 16.5. The quantitative estimate of drug-likeness (QED) is 0.738. The molecule has 2 heterocycles. The maximum atomic E-state index is 13.2.